The van der Waals surface area contributed by atoms with Crippen LogP contribution in [0.3, 0.4) is 0 Å². The lowest BCUT2D eigenvalue weighted by atomic mass is 10.1. The molecule has 0 spiro atoms. The number of imidazole rings is 1. The summed E-state index contributed by atoms with van der Waals surface area (Å²) in [5, 5.41) is 0. The van der Waals surface area contributed by atoms with Crippen molar-refractivity contribution in [2.75, 3.05) is 0 Å². The lowest BCUT2D eigenvalue weighted by Gasteiger charge is -2.09. The highest BCUT2D eigenvalue weighted by Crippen LogP contribution is 2.26. The summed E-state index contributed by atoms with van der Waals surface area (Å²) in [5.41, 5.74) is 4.29. The number of benzene rings is 2. The van der Waals surface area contributed by atoms with Gasteiger partial charge in [-0.25, -0.2) is 4.39 Å². The molecule has 1 aromatic heterocycles. The molecule has 20 heavy (non-hydrogen) atoms. The van der Waals surface area contributed by atoms with E-state index in [4.69, 9.17) is 12.2 Å². The molecule has 5 heteroatoms. The normalized spacial score (nSPS) is 11.2. The van der Waals surface area contributed by atoms with Crippen LogP contribution >= 0.6 is 28.1 Å². The number of halogens is 2. The van der Waals surface area contributed by atoms with Gasteiger partial charge in [0, 0.05) is 4.47 Å². The van der Waals surface area contributed by atoms with Crippen molar-refractivity contribution in [1.29, 1.82) is 0 Å². The van der Waals surface area contributed by atoms with Crippen molar-refractivity contribution in [2.45, 2.75) is 13.8 Å². The molecule has 0 atom stereocenters. The first-order chi connectivity index (χ1) is 9.47. The average molecular weight is 351 g/mol. The van der Waals surface area contributed by atoms with E-state index in [0.717, 1.165) is 21.2 Å². The quantitative estimate of drug-likeness (QED) is 0.597. The number of aromatic amines is 1. The molecule has 0 unspecified atom stereocenters. The fourth-order valence-electron chi connectivity index (χ4n) is 2.34. The minimum atomic E-state index is -0.228. The second-order valence-electron chi connectivity index (χ2n) is 4.81. The van der Waals surface area contributed by atoms with Gasteiger partial charge in [-0.1, -0.05) is 15.9 Å². The van der Waals surface area contributed by atoms with Gasteiger partial charge < -0.3 is 4.98 Å². The Morgan fingerprint density at radius 3 is 2.60 bits per heavy atom. The summed E-state index contributed by atoms with van der Waals surface area (Å²) in [7, 11) is 0. The first-order valence-electron chi connectivity index (χ1n) is 6.15. The number of aryl methyl sites for hydroxylation is 2. The SMILES string of the molecule is Cc1cc2c(cc1F)[nH]c(=S)n2-c1ccc(Br)cc1C. The van der Waals surface area contributed by atoms with Crippen LogP contribution in [0.4, 0.5) is 4.39 Å². The number of hydrogen-bond donors (Lipinski definition) is 1. The van der Waals surface area contributed by atoms with Crippen molar-refractivity contribution < 1.29 is 4.39 Å². The number of nitrogens with one attached hydrogen (secondary N) is 1. The van der Waals surface area contributed by atoms with E-state index in [9.17, 15) is 4.39 Å². The third-order valence-electron chi connectivity index (χ3n) is 3.36. The van der Waals surface area contributed by atoms with Crippen molar-refractivity contribution in [3.63, 3.8) is 0 Å². The van der Waals surface area contributed by atoms with E-state index in [1.54, 1.807) is 6.92 Å². The van der Waals surface area contributed by atoms with Gasteiger partial charge in [-0.15, -0.1) is 0 Å². The van der Waals surface area contributed by atoms with Crippen LogP contribution in [-0.4, -0.2) is 9.55 Å². The van der Waals surface area contributed by atoms with E-state index in [1.165, 1.54) is 6.07 Å². The van der Waals surface area contributed by atoms with Crippen LogP contribution in [0.5, 0.6) is 0 Å². The van der Waals surface area contributed by atoms with E-state index in [0.29, 0.717) is 15.9 Å². The Bertz CT molecular complexity index is 879. The fraction of sp³-hybridized carbons (Fsp3) is 0.133. The predicted octanol–water partition coefficient (Wildman–Crippen LogP) is 5.21. The third-order valence-corrected chi connectivity index (χ3v) is 4.14. The summed E-state index contributed by atoms with van der Waals surface area (Å²) < 4.78 is 17.2. The molecule has 0 radical (unpaired) electrons. The van der Waals surface area contributed by atoms with Crippen molar-refractivity contribution in [1.82, 2.24) is 9.55 Å². The summed E-state index contributed by atoms with van der Waals surface area (Å²) >= 11 is 8.84. The molecule has 0 fully saturated rings. The van der Waals surface area contributed by atoms with Crippen LogP contribution in [0.2, 0.25) is 0 Å². The monoisotopic (exact) mass is 350 g/mol. The van der Waals surface area contributed by atoms with Gasteiger partial charge >= 0.3 is 0 Å². The molecule has 1 N–H and O–H groups in total. The minimum absolute atomic E-state index is 0.228. The Labute approximate surface area is 129 Å². The number of fused-ring (bicyclic) bond motifs is 1. The molecule has 102 valence electrons. The summed E-state index contributed by atoms with van der Waals surface area (Å²) in [5.74, 6) is -0.228. The standard InChI is InChI=1S/C15H12BrFN2S/c1-8-6-14-12(7-11(8)17)18-15(20)19(14)13-4-3-10(16)5-9(13)2/h3-7H,1-2H3,(H,18,20). The molecule has 3 rings (SSSR count). The zero-order valence-corrected chi connectivity index (χ0v) is 13.4. The largest absolute Gasteiger partial charge is 0.330 e. The second kappa shape index (κ2) is 4.82. The summed E-state index contributed by atoms with van der Waals surface area (Å²) in [6.07, 6.45) is 0. The minimum Gasteiger partial charge on any atom is -0.330 e. The summed E-state index contributed by atoms with van der Waals surface area (Å²) in [6, 6.07) is 9.32. The highest BCUT2D eigenvalue weighted by Gasteiger charge is 2.11. The fourth-order valence-corrected chi connectivity index (χ4v) is 3.12. The van der Waals surface area contributed by atoms with Gasteiger partial charge in [0.2, 0.25) is 0 Å². The van der Waals surface area contributed by atoms with Gasteiger partial charge in [0.1, 0.15) is 5.82 Å². The molecule has 0 saturated carbocycles. The number of aromatic nitrogens is 2. The smallest absolute Gasteiger partial charge is 0.182 e. The highest BCUT2D eigenvalue weighted by atomic mass is 79.9. The lowest BCUT2D eigenvalue weighted by Crippen LogP contribution is -1.97. The van der Waals surface area contributed by atoms with Crippen molar-refractivity contribution >= 4 is 39.2 Å². The van der Waals surface area contributed by atoms with E-state index in [1.807, 2.05) is 35.8 Å². The Balaban J connectivity index is 2.39. The zero-order valence-electron chi connectivity index (χ0n) is 11.0. The van der Waals surface area contributed by atoms with E-state index < -0.39 is 0 Å². The van der Waals surface area contributed by atoms with Crippen LogP contribution in [-0.2, 0) is 0 Å². The molecule has 0 amide bonds. The maximum atomic E-state index is 13.7. The van der Waals surface area contributed by atoms with Gasteiger partial charge in [-0.3, -0.25) is 4.57 Å². The maximum absolute atomic E-state index is 13.7. The summed E-state index contributed by atoms with van der Waals surface area (Å²) in [6.45, 7) is 3.78. The Morgan fingerprint density at radius 2 is 1.90 bits per heavy atom. The first kappa shape index (κ1) is 13.5. The highest BCUT2D eigenvalue weighted by molar-refractivity contribution is 9.10. The van der Waals surface area contributed by atoms with Crippen LogP contribution in [0.1, 0.15) is 11.1 Å². The van der Waals surface area contributed by atoms with Crippen LogP contribution < -0.4 is 0 Å². The van der Waals surface area contributed by atoms with Crippen LogP contribution in [0, 0.1) is 24.4 Å². The molecule has 2 aromatic carbocycles. The Hall–Kier alpha value is -1.46. The second-order valence-corrected chi connectivity index (χ2v) is 6.12. The molecule has 0 aliphatic rings. The predicted molar refractivity (Wildman–Crippen MR) is 85.6 cm³/mol. The zero-order chi connectivity index (χ0) is 14.4. The number of nitrogens with zero attached hydrogens (tertiary/aromatic N) is 1. The van der Waals surface area contributed by atoms with E-state index in [2.05, 4.69) is 20.9 Å². The molecule has 1 heterocycles. The number of H-pyrrole nitrogens is 1. The molecular formula is C15H12BrFN2S. The Morgan fingerprint density at radius 1 is 1.15 bits per heavy atom. The van der Waals surface area contributed by atoms with Gasteiger partial charge in [-0.2, -0.15) is 0 Å². The van der Waals surface area contributed by atoms with Gasteiger partial charge in [0.25, 0.3) is 0 Å². The molecule has 3 aromatic rings. The molecule has 2 nitrogen and oxygen atoms in total. The molecular weight excluding hydrogens is 339 g/mol. The van der Waals surface area contributed by atoms with Crippen molar-refractivity contribution in [3.8, 4) is 5.69 Å². The van der Waals surface area contributed by atoms with Crippen LogP contribution in [0.25, 0.3) is 16.7 Å². The molecule has 0 bridgehead atoms. The van der Waals surface area contributed by atoms with Gasteiger partial charge in [0.05, 0.1) is 16.7 Å². The van der Waals surface area contributed by atoms with Gasteiger partial charge in [0.15, 0.2) is 4.77 Å². The lowest BCUT2D eigenvalue weighted by molar-refractivity contribution is 0.620. The molecule has 0 aliphatic heterocycles. The van der Waals surface area contributed by atoms with E-state index >= 15 is 0 Å². The Kier molecular flexibility index (Phi) is 3.26. The maximum Gasteiger partial charge on any atom is 0.182 e. The summed E-state index contributed by atoms with van der Waals surface area (Å²) in [4.78, 5) is 3.06. The van der Waals surface area contributed by atoms with Crippen LogP contribution in [0.15, 0.2) is 34.8 Å². The third kappa shape index (κ3) is 2.11. The van der Waals surface area contributed by atoms with Crippen molar-refractivity contribution in [3.05, 3.63) is 56.5 Å². The first-order valence-corrected chi connectivity index (χ1v) is 7.35. The topological polar surface area (TPSA) is 20.7 Å². The molecule has 0 saturated heterocycles. The van der Waals surface area contributed by atoms with E-state index in [-0.39, 0.29) is 5.82 Å². The number of rotatable bonds is 1. The van der Waals surface area contributed by atoms with Gasteiger partial charge in [-0.05, 0) is 67.5 Å². The van der Waals surface area contributed by atoms with Crippen molar-refractivity contribution in [2.24, 2.45) is 0 Å². The molecule has 0 aliphatic carbocycles. The number of hydrogen-bond acceptors (Lipinski definition) is 1. The average Bonchev–Trinajstić information content (AvgIpc) is 2.66.